The molecule has 126 valence electrons. The maximum atomic E-state index is 12.5. The lowest BCUT2D eigenvalue weighted by molar-refractivity contribution is -0.149. The van der Waals surface area contributed by atoms with E-state index in [0.717, 1.165) is 17.5 Å². The Hall–Kier alpha value is -2.37. The Kier molecular flexibility index (Phi) is 7.25. The molecule has 6 heteroatoms. The summed E-state index contributed by atoms with van der Waals surface area (Å²) in [5.74, 6) is -1.54. The molecule has 1 atom stereocenters. The van der Waals surface area contributed by atoms with Crippen LogP contribution in [-0.4, -0.2) is 46.9 Å². The molecule has 23 heavy (non-hydrogen) atoms. The summed E-state index contributed by atoms with van der Waals surface area (Å²) in [6, 6.07) is 6.75. The van der Waals surface area contributed by atoms with Crippen molar-refractivity contribution in [3.63, 3.8) is 0 Å². The van der Waals surface area contributed by atoms with Gasteiger partial charge < -0.3 is 15.3 Å². The van der Waals surface area contributed by atoms with E-state index in [2.05, 4.69) is 5.32 Å². The molecule has 1 rings (SSSR count). The minimum Gasteiger partial charge on any atom is -0.480 e. The number of amides is 2. The molecule has 2 amide bonds. The average Bonchev–Trinajstić information content (AvgIpc) is 2.50. The molecule has 0 saturated carbocycles. The van der Waals surface area contributed by atoms with Crippen molar-refractivity contribution in [3.8, 4) is 0 Å². The number of carboxylic acids is 1. The molecule has 0 aliphatic carbocycles. The maximum absolute atomic E-state index is 12.5. The van der Waals surface area contributed by atoms with Gasteiger partial charge >= 0.3 is 5.97 Å². The van der Waals surface area contributed by atoms with Gasteiger partial charge in [0.15, 0.2) is 0 Å². The Morgan fingerprint density at radius 1 is 1.26 bits per heavy atom. The quantitative estimate of drug-likeness (QED) is 0.754. The van der Waals surface area contributed by atoms with Gasteiger partial charge in [-0.2, -0.15) is 0 Å². The van der Waals surface area contributed by atoms with Gasteiger partial charge in [0, 0.05) is 20.0 Å². The van der Waals surface area contributed by atoms with E-state index >= 15 is 0 Å². The van der Waals surface area contributed by atoms with Gasteiger partial charge in [-0.05, 0) is 24.5 Å². The van der Waals surface area contributed by atoms with Crippen LogP contribution in [-0.2, 0) is 27.2 Å². The number of hydrogen-bond acceptors (Lipinski definition) is 3. The van der Waals surface area contributed by atoms with Crippen molar-refractivity contribution in [3.05, 3.63) is 35.4 Å². The normalized spacial score (nSPS) is 11.6. The van der Waals surface area contributed by atoms with Crippen LogP contribution in [0.2, 0.25) is 0 Å². The largest absolute Gasteiger partial charge is 0.480 e. The fourth-order valence-electron chi connectivity index (χ4n) is 2.26. The first kappa shape index (κ1) is 18.7. The van der Waals surface area contributed by atoms with Gasteiger partial charge in [0.2, 0.25) is 11.8 Å². The number of nitrogens with one attached hydrogen (secondary N) is 1. The number of carboxylic acid groups (broad SMARTS) is 1. The number of benzene rings is 1. The lowest BCUT2D eigenvalue weighted by Crippen LogP contribution is -2.47. The zero-order valence-electron chi connectivity index (χ0n) is 13.8. The first-order valence-electron chi connectivity index (χ1n) is 7.69. The number of carbonyl (C=O) groups excluding carboxylic acids is 2. The summed E-state index contributed by atoms with van der Waals surface area (Å²) in [7, 11) is 0. The van der Waals surface area contributed by atoms with E-state index in [4.69, 9.17) is 0 Å². The van der Waals surface area contributed by atoms with Gasteiger partial charge in [0.25, 0.3) is 0 Å². The van der Waals surface area contributed by atoms with Crippen molar-refractivity contribution < 1.29 is 19.5 Å². The molecule has 6 nitrogen and oxygen atoms in total. The van der Waals surface area contributed by atoms with Crippen molar-refractivity contribution in [2.75, 3.05) is 13.1 Å². The molecule has 1 aromatic rings. The SMILES string of the molecule is CCc1cccc(CC(=O)N(CCNC(C)=O)C(C)C(=O)O)c1. The lowest BCUT2D eigenvalue weighted by Gasteiger charge is -2.26. The van der Waals surface area contributed by atoms with Crippen LogP contribution in [0.4, 0.5) is 0 Å². The van der Waals surface area contributed by atoms with Crippen LogP contribution in [0.3, 0.4) is 0 Å². The molecule has 0 spiro atoms. The third-order valence-corrected chi connectivity index (χ3v) is 3.63. The highest BCUT2D eigenvalue weighted by atomic mass is 16.4. The lowest BCUT2D eigenvalue weighted by atomic mass is 10.1. The van der Waals surface area contributed by atoms with Gasteiger partial charge in [-0.3, -0.25) is 9.59 Å². The second-order valence-corrected chi connectivity index (χ2v) is 5.43. The van der Waals surface area contributed by atoms with E-state index in [-0.39, 0.29) is 31.3 Å². The standard InChI is InChI=1S/C17H24N2O4/c1-4-14-6-5-7-15(10-14)11-16(21)19(12(2)17(22)23)9-8-18-13(3)20/h5-7,10,12H,4,8-9,11H2,1-3H3,(H,18,20)(H,22,23). The monoisotopic (exact) mass is 320 g/mol. The minimum absolute atomic E-state index is 0.144. The third kappa shape index (κ3) is 6.10. The highest BCUT2D eigenvalue weighted by Crippen LogP contribution is 2.10. The van der Waals surface area contributed by atoms with Crippen LogP contribution in [0.15, 0.2) is 24.3 Å². The summed E-state index contributed by atoms with van der Waals surface area (Å²) in [6.07, 6.45) is 1.02. The van der Waals surface area contributed by atoms with Crippen LogP contribution < -0.4 is 5.32 Å². The molecular weight excluding hydrogens is 296 g/mol. The molecule has 0 saturated heterocycles. The highest BCUT2D eigenvalue weighted by Gasteiger charge is 2.25. The number of nitrogens with zero attached hydrogens (tertiary/aromatic N) is 1. The minimum atomic E-state index is -1.07. The first-order chi connectivity index (χ1) is 10.8. The molecule has 0 heterocycles. The molecule has 0 aliphatic rings. The molecular formula is C17H24N2O4. The highest BCUT2D eigenvalue weighted by molar-refractivity contribution is 5.84. The van der Waals surface area contributed by atoms with E-state index in [9.17, 15) is 19.5 Å². The molecule has 0 radical (unpaired) electrons. The molecule has 0 fully saturated rings. The van der Waals surface area contributed by atoms with E-state index in [0.29, 0.717) is 0 Å². The Morgan fingerprint density at radius 2 is 1.91 bits per heavy atom. The zero-order valence-corrected chi connectivity index (χ0v) is 13.8. The van der Waals surface area contributed by atoms with Crippen molar-refractivity contribution in [2.24, 2.45) is 0 Å². The van der Waals surface area contributed by atoms with E-state index in [1.165, 1.54) is 18.7 Å². The van der Waals surface area contributed by atoms with Crippen LogP contribution in [0, 0.1) is 0 Å². The summed E-state index contributed by atoms with van der Waals surface area (Å²) >= 11 is 0. The third-order valence-electron chi connectivity index (χ3n) is 3.63. The fourth-order valence-corrected chi connectivity index (χ4v) is 2.26. The van der Waals surface area contributed by atoms with Gasteiger partial charge in [-0.25, -0.2) is 4.79 Å². The second-order valence-electron chi connectivity index (χ2n) is 5.43. The van der Waals surface area contributed by atoms with Gasteiger partial charge in [-0.1, -0.05) is 31.2 Å². The summed E-state index contributed by atoms with van der Waals surface area (Å²) in [5.41, 5.74) is 1.99. The molecule has 2 N–H and O–H groups in total. The van der Waals surface area contributed by atoms with Gasteiger partial charge in [0.1, 0.15) is 6.04 Å². The number of rotatable bonds is 8. The zero-order chi connectivity index (χ0) is 17.4. The Morgan fingerprint density at radius 3 is 2.48 bits per heavy atom. The van der Waals surface area contributed by atoms with Crippen LogP contribution in [0.1, 0.15) is 31.9 Å². The van der Waals surface area contributed by atoms with Crippen molar-refractivity contribution in [1.29, 1.82) is 0 Å². The molecule has 0 bridgehead atoms. The number of aliphatic carboxylic acids is 1. The molecule has 1 unspecified atom stereocenters. The topological polar surface area (TPSA) is 86.7 Å². The predicted octanol–water partition coefficient (Wildman–Crippen LogP) is 1.23. The summed E-state index contributed by atoms with van der Waals surface area (Å²) < 4.78 is 0. The summed E-state index contributed by atoms with van der Waals surface area (Å²) in [4.78, 5) is 35.9. The Bertz CT molecular complexity index is 571. The fraction of sp³-hybridized carbons (Fsp3) is 0.471. The van der Waals surface area contributed by atoms with Crippen molar-refractivity contribution >= 4 is 17.8 Å². The molecule has 0 aromatic heterocycles. The number of carbonyl (C=O) groups is 3. The van der Waals surface area contributed by atoms with E-state index in [1.807, 2.05) is 31.2 Å². The van der Waals surface area contributed by atoms with Crippen molar-refractivity contribution in [2.45, 2.75) is 39.7 Å². The molecule has 0 aliphatic heterocycles. The first-order valence-corrected chi connectivity index (χ1v) is 7.69. The Labute approximate surface area is 136 Å². The van der Waals surface area contributed by atoms with Gasteiger partial charge in [0.05, 0.1) is 6.42 Å². The summed E-state index contributed by atoms with van der Waals surface area (Å²) in [5, 5.41) is 11.8. The predicted molar refractivity (Wildman–Crippen MR) is 87.0 cm³/mol. The van der Waals surface area contributed by atoms with Crippen molar-refractivity contribution in [1.82, 2.24) is 10.2 Å². The second kappa shape index (κ2) is 8.92. The van der Waals surface area contributed by atoms with E-state index < -0.39 is 12.0 Å². The maximum Gasteiger partial charge on any atom is 0.326 e. The average molecular weight is 320 g/mol. The smallest absolute Gasteiger partial charge is 0.326 e. The number of aryl methyl sites for hydroxylation is 1. The number of hydrogen-bond donors (Lipinski definition) is 2. The summed E-state index contributed by atoms with van der Waals surface area (Å²) in [6.45, 7) is 5.28. The van der Waals surface area contributed by atoms with Gasteiger partial charge in [-0.15, -0.1) is 0 Å². The molecule has 1 aromatic carbocycles. The van der Waals surface area contributed by atoms with E-state index in [1.54, 1.807) is 0 Å². The van der Waals surface area contributed by atoms with Crippen LogP contribution >= 0.6 is 0 Å². The van der Waals surface area contributed by atoms with Crippen LogP contribution in [0.25, 0.3) is 0 Å². The Balaban J connectivity index is 2.80. The van der Waals surface area contributed by atoms with Crippen LogP contribution in [0.5, 0.6) is 0 Å².